The van der Waals surface area contributed by atoms with Gasteiger partial charge in [-0.3, -0.25) is 0 Å². The van der Waals surface area contributed by atoms with Crippen molar-refractivity contribution in [1.29, 1.82) is 5.26 Å². The van der Waals surface area contributed by atoms with Gasteiger partial charge in [0.1, 0.15) is 11.5 Å². The first-order chi connectivity index (χ1) is 9.26. The van der Waals surface area contributed by atoms with Gasteiger partial charge in [0, 0.05) is 11.8 Å². The summed E-state index contributed by atoms with van der Waals surface area (Å²) in [6, 6.07) is 14.9. The Kier molecular flexibility index (Phi) is 3.89. The zero-order valence-corrected chi connectivity index (χ0v) is 10.8. The molecule has 0 aliphatic rings. The van der Waals surface area contributed by atoms with Crippen molar-refractivity contribution in [3.8, 4) is 17.6 Å². The Morgan fingerprint density at radius 1 is 1.05 bits per heavy atom. The van der Waals surface area contributed by atoms with E-state index in [9.17, 15) is 0 Å². The standard InChI is InChI=1S/C15H14N2O2/c1-18-13-6-7-15(19-2)14(9-13)17-12-5-3-4-11(8-12)10-16/h3-9,17H,1-2H3. The highest BCUT2D eigenvalue weighted by molar-refractivity contribution is 5.68. The van der Waals surface area contributed by atoms with Gasteiger partial charge in [0.05, 0.1) is 31.5 Å². The summed E-state index contributed by atoms with van der Waals surface area (Å²) in [5.74, 6) is 1.45. The lowest BCUT2D eigenvalue weighted by atomic mass is 10.2. The van der Waals surface area contributed by atoms with Crippen LogP contribution in [0.15, 0.2) is 42.5 Å². The van der Waals surface area contributed by atoms with Crippen LogP contribution in [0, 0.1) is 11.3 Å². The largest absolute Gasteiger partial charge is 0.497 e. The van der Waals surface area contributed by atoms with Crippen molar-refractivity contribution in [2.24, 2.45) is 0 Å². The molecule has 0 spiro atoms. The van der Waals surface area contributed by atoms with E-state index in [2.05, 4.69) is 11.4 Å². The Morgan fingerprint density at radius 3 is 2.58 bits per heavy atom. The van der Waals surface area contributed by atoms with Gasteiger partial charge < -0.3 is 14.8 Å². The number of nitriles is 1. The topological polar surface area (TPSA) is 54.3 Å². The molecule has 0 bridgehead atoms. The maximum absolute atomic E-state index is 8.89. The van der Waals surface area contributed by atoms with Gasteiger partial charge in [-0.1, -0.05) is 6.07 Å². The maximum atomic E-state index is 8.89. The minimum atomic E-state index is 0.604. The molecule has 0 heterocycles. The molecule has 4 nitrogen and oxygen atoms in total. The summed E-state index contributed by atoms with van der Waals surface area (Å²) < 4.78 is 10.5. The highest BCUT2D eigenvalue weighted by atomic mass is 16.5. The fraction of sp³-hybridized carbons (Fsp3) is 0.133. The normalized spacial score (nSPS) is 9.53. The number of methoxy groups -OCH3 is 2. The summed E-state index contributed by atoms with van der Waals surface area (Å²) in [6.07, 6.45) is 0. The van der Waals surface area contributed by atoms with Gasteiger partial charge in [0.25, 0.3) is 0 Å². The van der Waals surface area contributed by atoms with Crippen molar-refractivity contribution in [3.63, 3.8) is 0 Å². The van der Waals surface area contributed by atoms with Crippen LogP contribution in [0.3, 0.4) is 0 Å². The molecule has 0 unspecified atom stereocenters. The Morgan fingerprint density at radius 2 is 1.89 bits per heavy atom. The second kappa shape index (κ2) is 5.78. The SMILES string of the molecule is COc1ccc(OC)c(Nc2cccc(C#N)c2)c1. The van der Waals surface area contributed by atoms with E-state index in [-0.39, 0.29) is 0 Å². The number of hydrogen-bond donors (Lipinski definition) is 1. The molecule has 1 N–H and O–H groups in total. The van der Waals surface area contributed by atoms with E-state index >= 15 is 0 Å². The van der Waals surface area contributed by atoms with Gasteiger partial charge in [-0.25, -0.2) is 0 Å². The highest BCUT2D eigenvalue weighted by Crippen LogP contribution is 2.31. The Labute approximate surface area is 112 Å². The monoisotopic (exact) mass is 254 g/mol. The summed E-state index contributed by atoms with van der Waals surface area (Å²) in [7, 11) is 3.22. The average molecular weight is 254 g/mol. The van der Waals surface area contributed by atoms with E-state index in [1.165, 1.54) is 0 Å². The van der Waals surface area contributed by atoms with Crippen molar-refractivity contribution in [3.05, 3.63) is 48.0 Å². The first kappa shape index (κ1) is 12.8. The lowest BCUT2D eigenvalue weighted by Crippen LogP contribution is -1.96. The Bertz CT molecular complexity index is 618. The molecule has 0 amide bonds. The van der Waals surface area contributed by atoms with Gasteiger partial charge in [0.2, 0.25) is 0 Å². The van der Waals surface area contributed by atoms with E-state index in [4.69, 9.17) is 14.7 Å². The number of nitrogens with one attached hydrogen (secondary N) is 1. The molecule has 0 fully saturated rings. The number of anilines is 2. The van der Waals surface area contributed by atoms with Crippen LogP contribution in [0.5, 0.6) is 11.5 Å². The maximum Gasteiger partial charge on any atom is 0.142 e. The lowest BCUT2D eigenvalue weighted by molar-refractivity contribution is 0.405. The molecule has 2 rings (SSSR count). The van der Waals surface area contributed by atoms with Gasteiger partial charge in [-0.05, 0) is 30.3 Å². The van der Waals surface area contributed by atoms with Crippen LogP contribution in [0.2, 0.25) is 0 Å². The first-order valence-electron chi connectivity index (χ1n) is 5.76. The van der Waals surface area contributed by atoms with Crippen LogP contribution in [-0.2, 0) is 0 Å². The molecule has 0 aliphatic carbocycles. The molecule has 0 saturated carbocycles. The third kappa shape index (κ3) is 2.96. The first-order valence-corrected chi connectivity index (χ1v) is 5.76. The molecule has 0 saturated heterocycles. The molecule has 2 aromatic carbocycles. The van der Waals surface area contributed by atoms with Crippen molar-refractivity contribution >= 4 is 11.4 Å². The zero-order chi connectivity index (χ0) is 13.7. The molecule has 0 aliphatic heterocycles. The van der Waals surface area contributed by atoms with Gasteiger partial charge in [0.15, 0.2) is 0 Å². The zero-order valence-electron chi connectivity index (χ0n) is 10.8. The van der Waals surface area contributed by atoms with Crippen LogP contribution in [0.4, 0.5) is 11.4 Å². The van der Waals surface area contributed by atoms with E-state index < -0.39 is 0 Å². The molecule has 2 aromatic rings. The van der Waals surface area contributed by atoms with E-state index in [1.54, 1.807) is 26.4 Å². The number of benzene rings is 2. The molecule has 0 aromatic heterocycles. The van der Waals surface area contributed by atoms with Gasteiger partial charge >= 0.3 is 0 Å². The summed E-state index contributed by atoms with van der Waals surface area (Å²) in [5, 5.41) is 12.1. The smallest absolute Gasteiger partial charge is 0.142 e. The second-order valence-electron chi connectivity index (χ2n) is 3.88. The molecular weight excluding hydrogens is 240 g/mol. The summed E-state index contributed by atoms with van der Waals surface area (Å²) in [4.78, 5) is 0. The highest BCUT2D eigenvalue weighted by Gasteiger charge is 2.05. The third-order valence-corrected chi connectivity index (χ3v) is 2.68. The third-order valence-electron chi connectivity index (χ3n) is 2.68. The van der Waals surface area contributed by atoms with Crippen LogP contribution in [0.1, 0.15) is 5.56 Å². The summed E-state index contributed by atoms with van der Waals surface area (Å²) >= 11 is 0. The molecule has 4 heteroatoms. The number of nitrogens with zero attached hydrogens (tertiary/aromatic N) is 1. The summed E-state index contributed by atoms with van der Waals surface area (Å²) in [6.45, 7) is 0. The molecule has 0 radical (unpaired) electrons. The van der Waals surface area contributed by atoms with Gasteiger partial charge in [-0.15, -0.1) is 0 Å². The predicted octanol–water partition coefficient (Wildman–Crippen LogP) is 3.32. The second-order valence-corrected chi connectivity index (χ2v) is 3.88. The number of hydrogen-bond acceptors (Lipinski definition) is 4. The van der Waals surface area contributed by atoms with Gasteiger partial charge in [-0.2, -0.15) is 5.26 Å². The van der Waals surface area contributed by atoms with E-state index in [0.717, 1.165) is 17.1 Å². The Hall–Kier alpha value is -2.67. The summed E-state index contributed by atoms with van der Waals surface area (Å²) in [5.41, 5.74) is 2.22. The predicted molar refractivity (Wildman–Crippen MR) is 74.0 cm³/mol. The minimum absolute atomic E-state index is 0.604. The van der Waals surface area contributed by atoms with Crippen LogP contribution in [-0.4, -0.2) is 14.2 Å². The molecule has 0 atom stereocenters. The molecular formula is C15H14N2O2. The van der Waals surface area contributed by atoms with Crippen molar-refractivity contribution in [2.75, 3.05) is 19.5 Å². The average Bonchev–Trinajstić information content (AvgIpc) is 2.47. The molecule has 19 heavy (non-hydrogen) atoms. The fourth-order valence-electron chi connectivity index (χ4n) is 1.73. The van der Waals surface area contributed by atoms with Crippen molar-refractivity contribution in [2.45, 2.75) is 0 Å². The van der Waals surface area contributed by atoms with Crippen molar-refractivity contribution < 1.29 is 9.47 Å². The fourth-order valence-corrected chi connectivity index (χ4v) is 1.73. The molecule has 96 valence electrons. The van der Waals surface area contributed by atoms with Crippen molar-refractivity contribution in [1.82, 2.24) is 0 Å². The van der Waals surface area contributed by atoms with E-state index in [0.29, 0.717) is 11.3 Å². The Balaban J connectivity index is 2.33. The minimum Gasteiger partial charge on any atom is -0.497 e. The van der Waals surface area contributed by atoms with Crippen LogP contribution >= 0.6 is 0 Å². The van der Waals surface area contributed by atoms with Crippen LogP contribution < -0.4 is 14.8 Å². The number of rotatable bonds is 4. The van der Waals surface area contributed by atoms with E-state index in [1.807, 2.05) is 30.3 Å². The quantitative estimate of drug-likeness (QED) is 0.909. The number of ether oxygens (including phenoxy) is 2. The lowest BCUT2D eigenvalue weighted by Gasteiger charge is -2.12. The van der Waals surface area contributed by atoms with Crippen LogP contribution in [0.25, 0.3) is 0 Å².